The van der Waals surface area contributed by atoms with Crippen molar-refractivity contribution >= 4 is 28.9 Å². The third kappa shape index (κ3) is 4.74. The average Bonchev–Trinajstić information content (AvgIpc) is 3.19. The number of rotatable bonds is 4. The van der Waals surface area contributed by atoms with Gasteiger partial charge < -0.3 is 30.2 Å². The number of aliphatic hydroxyl groups excluding tert-OH is 1. The Kier molecular flexibility index (Phi) is 6.78. The second-order valence-corrected chi connectivity index (χ2v) is 10.3. The van der Waals surface area contributed by atoms with E-state index in [2.05, 4.69) is 17.1 Å². The summed E-state index contributed by atoms with van der Waals surface area (Å²) < 4.78 is 14.9. The van der Waals surface area contributed by atoms with Gasteiger partial charge in [0.25, 0.3) is 0 Å². The van der Waals surface area contributed by atoms with Crippen LogP contribution >= 0.6 is 11.6 Å². The zero-order valence-corrected chi connectivity index (χ0v) is 21.8. The van der Waals surface area contributed by atoms with Crippen molar-refractivity contribution < 1.29 is 19.4 Å². The van der Waals surface area contributed by atoms with Crippen LogP contribution in [0.1, 0.15) is 12.5 Å². The molecule has 0 bridgehead atoms. The third-order valence-electron chi connectivity index (χ3n) is 7.18. The number of anilines is 1. The molecular formula is C27H31ClFN5O3. The lowest BCUT2D eigenvalue weighted by atomic mass is 9.95. The molecule has 0 aliphatic carbocycles. The number of piperazine rings is 1. The van der Waals surface area contributed by atoms with Crippen LogP contribution in [0.2, 0.25) is 5.02 Å². The number of halogens is 2. The molecule has 0 radical (unpaired) electrons. The van der Waals surface area contributed by atoms with Crippen molar-refractivity contribution in [3.05, 3.63) is 64.7 Å². The topological polar surface area (TPSA) is 82.5 Å². The molecule has 0 saturated carbocycles. The highest BCUT2D eigenvalue weighted by Gasteiger charge is 2.30. The number of phenolic OH excluding ortho intramolecular Hbond substituents is 1. The summed E-state index contributed by atoms with van der Waals surface area (Å²) >= 11 is 6.55. The Morgan fingerprint density at radius 2 is 1.86 bits per heavy atom. The number of benzene rings is 2. The lowest BCUT2D eigenvalue weighted by Gasteiger charge is -2.40. The summed E-state index contributed by atoms with van der Waals surface area (Å²) in [6, 6.07) is 7.76. The fraction of sp³-hybridized carbons (Fsp3) is 0.370. The number of phenols is 1. The summed E-state index contributed by atoms with van der Waals surface area (Å²) in [5, 5.41) is 25.9. The second-order valence-electron chi connectivity index (χ2n) is 9.87. The first kappa shape index (κ1) is 25.4. The van der Waals surface area contributed by atoms with Crippen LogP contribution in [0.5, 0.6) is 5.75 Å². The number of urea groups is 1. The molecule has 3 N–H and O–H groups in total. The molecule has 37 heavy (non-hydrogen) atoms. The van der Waals surface area contributed by atoms with E-state index in [-0.39, 0.29) is 23.4 Å². The van der Waals surface area contributed by atoms with Crippen LogP contribution in [-0.4, -0.2) is 90.0 Å². The minimum atomic E-state index is -0.845. The Hall–Kier alpha value is -3.27. The number of aliphatic hydroxyl groups is 1. The van der Waals surface area contributed by atoms with Gasteiger partial charge in [-0.1, -0.05) is 17.7 Å². The zero-order chi connectivity index (χ0) is 26.4. The average molecular weight is 528 g/mol. The zero-order valence-electron chi connectivity index (χ0n) is 21.1. The van der Waals surface area contributed by atoms with Crippen LogP contribution in [0.15, 0.2) is 48.3 Å². The van der Waals surface area contributed by atoms with Crippen molar-refractivity contribution in [2.24, 2.45) is 0 Å². The summed E-state index contributed by atoms with van der Waals surface area (Å²) in [5.74, 6) is -0.609. The maximum absolute atomic E-state index is 14.9. The maximum Gasteiger partial charge on any atom is 0.324 e. The van der Waals surface area contributed by atoms with Gasteiger partial charge in [-0.3, -0.25) is 4.90 Å². The van der Waals surface area contributed by atoms with Crippen molar-refractivity contribution in [3.63, 3.8) is 0 Å². The maximum atomic E-state index is 14.9. The van der Waals surface area contributed by atoms with Crippen molar-refractivity contribution in [2.45, 2.75) is 19.2 Å². The van der Waals surface area contributed by atoms with Gasteiger partial charge >= 0.3 is 6.03 Å². The van der Waals surface area contributed by atoms with Crippen LogP contribution in [0.4, 0.5) is 14.9 Å². The normalized spacial score (nSPS) is 22.5. The Labute approximate surface area is 220 Å². The monoisotopic (exact) mass is 527 g/mol. The summed E-state index contributed by atoms with van der Waals surface area (Å²) in [5.41, 5.74) is 2.97. The number of likely N-dealkylation sites (N-methyl/N-ethyl adjacent to an activating group) is 2. The number of allylic oxidation sites excluding steroid dienone is 2. The van der Waals surface area contributed by atoms with Gasteiger partial charge in [0.15, 0.2) is 6.23 Å². The Balaban J connectivity index is 1.52. The van der Waals surface area contributed by atoms with Crippen LogP contribution in [0.3, 0.4) is 0 Å². The highest BCUT2D eigenvalue weighted by atomic mass is 35.5. The number of nitrogens with one attached hydrogen (secondary N) is 1. The molecule has 8 nitrogen and oxygen atoms in total. The standard InChI is InChI=1S/C27H31ClFN5O3/c1-16-14-33(7-6-30-16)24-11-18(15-32(3)26(24)36)21-13-19(29)12-20(25(21)35)17-4-5-23(22(28)10-17)34-9-8-31(2)27(34)37/h4-5,10-13,15-16,26,30,35-36H,6-9,14H2,1-3H3/t16-,26?/m1/s1. The molecule has 0 aromatic heterocycles. The SMILES string of the molecule is C[C@@H]1CN(C2=CC(c3cc(F)cc(-c4ccc(N5CCN(C)C5=O)c(Cl)c4)c3O)=CN(C)C2O)CCN1. The van der Waals surface area contributed by atoms with Crippen molar-refractivity contribution in [2.75, 3.05) is 51.7 Å². The van der Waals surface area contributed by atoms with E-state index in [1.54, 1.807) is 53.2 Å². The molecule has 2 fully saturated rings. The van der Waals surface area contributed by atoms with E-state index >= 15 is 0 Å². The number of aromatic hydroxyl groups is 1. The fourth-order valence-electron chi connectivity index (χ4n) is 5.14. The molecule has 2 aromatic carbocycles. The van der Waals surface area contributed by atoms with E-state index in [4.69, 9.17) is 11.6 Å². The Bertz CT molecular complexity index is 1300. The summed E-state index contributed by atoms with van der Waals surface area (Å²) in [6.45, 7) is 5.46. The minimum absolute atomic E-state index is 0.0949. The summed E-state index contributed by atoms with van der Waals surface area (Å²) in [4.78, 5) is 19.4. The highest BCUT2D eigenvalue weighted by Crippen LogP contribution is 2.41. The van der Waals surface area contributed by atoms with Gasteiger partial charge in [0, 0.05) is 75.8 Å². The first-order valence-corrected chi connectivity index (χ1v) is 12.7. The molecule has 196 valence electrons. The molecule has 10 heteroatoms. The number of nitrogens with zero attached hydrogens (tertiary/aromatic N) is 4. The third-order valence-corrected chi connectivity index (χ3v) is 7.48. The molecule has 2 amide bonds. The van der Waals surface area contributed by atoms with Gasteiger partial charge in [-0.05, 0) is 42.8 Å². The predicted molar refractivity (Wildman–Crippen MR) is 143 cm³/mol. The van der Waals surface area contributed by atoms with Gasteiger partial charge in [-0.15, -0.1) is 0 Å². The van der Waals surface area contributed by atoms with Gasteiger partial charge in [0.1, 0.15) is 11.6 Å². The Morgan fingerprint density at radius 1 is 1.11 bits per heavy atom. The van der Waals surface area contributed by atoms with Gasteiger partial charge in [-0.25, -0.2) is 9.18 Å². The molecule has 2 aromatic rings. The van der Waals surface area contributed by atoms with E-state index in [0.717, 1.165) is 19.6 Å². The van der Waals surface area contributed by atoms with E-state index in [9.17, 15) is 19.4 Å². The molecule has 1 unspecified atom stereocenters. The molecular weight excluding hydrogens is 497 g/mol. The summed E-state index contributed by atoms with van der Waals surface area (Å²) in [7, 11) is 3.48. The van der Waals surface area contributed by atoms with E-state index in [0.29, 0.717) is 46.2 Å². The molecule has 3 heterocycles. The number of hydrogen-bond donors (Lipinski definition) is 3. The molecule has 2 atom stereocenters. The largest absolute Gasteiger partial charge is 0.507 e. The number of carbonyl (C=O) groups is 1. The van der Waals surface area contributed by atoms with Gasteiger partial charge in [0.05, 0.1) is 16.4 Å². The number of amides is 2. The molecule has 2 saturated heterocycles. The van der Waals surface area contributed by atoms with E-state index in [1.165, 1.54) is 12.1 Å². The first-order valence-electron chi connectivity index (χ1n) is 12.3. The van der Waals surface area contributed by atoms with Gasteiger partial charge in [0.2, 0.25) is 0 Å². The highest BCUT2D eigenvalue weighted by molar-refractivity contribution is 6.34. The van der Waals surface area contributed by atoms with Crippen molar-refractivity contribution in [1.29, 1.82) is 0 Å². The first-order chi connectivity index (χ1) is 17.6. The fourth-order valence-corrected chi connectivity index (χ4v) is 5.42. The quantitative estimate of drug-likeness (QED) is 0.564. The van der Waals surface area contributed by atoms with E-state index in [1.807, 2.05) is 6.08 Å². The van der Waals surface area contributed by atoms with E-state index < -0.39 is 12.0 Å². The Morgan fingerprint density at radius 3 is 2.54 bits per heavy atom. The van der Waals surface area contributed by atoms with Crippen LogP contribution in [0, 0.1) is 5.82 Å². The van der Waals surface area contributed by atoms with Crippen LogP contribution in [-0.2, 0) is 0 Å². The number of hydrogen-bond acceptors (Lipinski definition) is 6. The second kappa shape index (κ2) is 9.89. The smallest absolute Gasteiger partial charge is 0.324 e. The predicted octanol–water partition coefficient (Wildman–Crippen LogP) is 3.51. The molecule has 0 spiro atoms. The molecule has 5 rings (SSSR count). The van der Waals surface area contributed by atoms with Crippen molar-refractivity contribution in [3.8, 4) is 16.9 Å². The van der Waals surface area contributed by atoms with Crippen LogP contribution < -0.4 is 10.2 Å². The minimum Gasteiger partial charge on any atom is -0.507 e. The summed E-state index contributed by atoms with van der Waals surface area (Å²) in [6.07, 6.45) is 2.67. The van der Waals surface area contributed by atoms with Crippen LogP contribution in [0.25, 0.3) is 16.7 Å². The number of carbonyl (C=O) groups excluding carboxylic acids is 1. The molecule has 3 aliphatic rings. The lowest BCUT2D eigenvalue weighted by Crippen LogP contribution is -2.51. The molecule has 3 aliphatic heterocycles. The lowest BCUT2D eigenvalue weighted by molar-refractivity contribution is 0.0515. The van der Waals surface area contributed by atoms with Crippen molar-refractivity contribution in [1.82, 2.24) is 20.0 Å². The van der Waals surface area contributed by atoms with Gasteiger partial charge in [-0.2, -0.15) is 0 Å².